The minimum atomic E-state index is -1.20. The summed E-state index contributed by atoms with van der Waals surface area (Å²) >= 11 is 2.22. The van der Waals surface area contributed by atoms with E-state index in [1.54, 1.807) is 0 Å². The molecule has 0 saturated carbocycles. The lowest BCUT2D eigenvalue weighted by atomic mass is 10.0. The Bertz CT molecular complexity index is 348. The number of carbonyl (C=O) groups is 1. The largest absolute Gasteiger partial charge is 0.506 e. The smallest absolute Gasteiger partial charge is 0.450 e. The molecule has 4 heteroatoms. The van der Waals surface area contributed by atoms with Crippen LogP contribution in [0.4, 0.5) is 4.79 Å². The lowest BCUT2D eigenvalue weighted by Gasteiger charge is -2.16. The number of hydrogen-bond donors (Lipinski definition) is 1. The number of carboxylic acid groups (broad SMARTS) is 1. The van der Waals surface area contributed by atoms with Crippen LogP contribution in [-0.4, -0.2) is 11.3 Å². The van der Waals surface area contributed by atoms with Crippen molar-refractivity contribution in [1.82, 2.24) is 0 Å². The second-order valence-corrected chi connectivity index (χ2v) is 5.17. The average molecular weight is 348 g/mol. The van der Waals surface area contributed by atoms with E-state index in [0.29, 0.717) is 0 Å². The molecule has 0 saturated heterocycles. The van der Waals surface area contributed by atoms with Crippen molar-refractivity contribution in [3.8, 4) is 0 Å². The molecule has 1 unspecified atom stereocenters. The molecule has 0 aliphatic rings. The van der Waals surface area contributed by atoms with Crippen LogP contribution in [0.2, 0.25) is 0 Å². The first kappa shape index (κ1) is 14.3. The van der Waals surface area contributed by atoms with Gasteiger partial charge in [-0.25, -0.2) is 4.79 Å². The van der Waals surface area contributed by atoms with Gasteiger partial charge in [0.25, 0.3) is 0 Å². The van der Waals surface area contributed by atoms with Crippen LogP contribution >= 0.6 is 22.6 Å². The second kappa shape index (κ2) is 7.53. The van der Waals surface area contributed by atoms with Crippen LogP contribution in [0.5, 0.6) is 0 Å². The summed E-state index contributed by atoms with van der Waals surface area (Å²) in [6.07, 6.45) is 2.42. The molecule has 0 aromatic heterocycles. The van der Waals surface area contributed by atoms with E-state index in [1.165, 1.54) is 0 Å². The van der Waals surface area contributed by atoms with Crippen molar-refractivity contribution >= 4 is 28.7 Å². The molecular formula is C13H17IO3. The van der Waals surface area contributed by atoms with Crippen LogP contribution in [0.1, 0.15) is 44.3 Å². The summed E-state index contributed by atoms with van der Waals surface area (Å²) in [6, 6.07) is 7.80. The van der Waals surface area contributed by atoms with Gasteiger partial charge in [-0.2, -0.15) is 0 Å². The SMILES string of the molecule is CCCCCC(OC(=O)O)c1ccc(I)cc1. The third-order valence-electron chi connectivity index (χ3n) is 2.55. The highest BCUT2D eigenvalue weighted by Gasteiger charge is 2.15. The number of benzene rings is 1. The Morgan fingerprint density at radius 1 is 1.35 bits per heavy atom. The standard InChI is InChI=1S/C13H17IO3/c1-2-3-4-5-12(17-13(15)16)10-6-8-11(14)9-7-10/h6-9,12H,2-5H2,1H3,(H,15,16). The molecule has 3 nitrogen and oxygen atoms in total. The van der Waals surface area contributed by atoms with Gasteiger partial charge < -0.3 is 9.84 Å². The van der Waals surface area contributed by atoms with Gasteiger partial charge in [0.2, 0.25) is 0 Å². The minimum absolute atomic E-state index is 0.337. The number of unbranched alkanes of at least 4 members (excludes halogenated alkanes) is 2. The van der Waals surface area contributed by atoms with Gasteiger partial charge in [-0.05, 0) is 53.1 Å². The molecule has 1 rings (SSSR count). The fourth-order valence-electron chi connectivity index (χ4n) is 1.67. The quantitative estimate of drug-likeness (QED) is 0.464. The van der Waals surface area contributed by atoms with Crippen LogP contribution < -0.4 is 0 Å². The molecule has 0 aliphatic carbocycles. The van der Waals surface area contributed by atoms with Crippen molar-refractivity contribution in [1.29, 1.82) is 0 Å². The Morgan fingerprint density at radius 2 is 2.00 bits per heavy atom. The van der Waals surface area contributed by atoms with E-state index in [-0.39, 0.29) is 6.10 Å². The summed E-state index contributed by atoms with van der Waals surface area (Å²) in [7, 11) is 0. The van der Waals surface area contributed by atoms with Gasteiger partial charge in [-0.3, -0.25) is 0 Å². The first-order chi connectivity index (χ1) is 8.13. The maximum atomic E-state index is 10.7. The first-order valence-corrected chi connectivity index (χ1v) is 6.86. The molecule has 0 aliphatic heterocycles. The highest BCUT2D eigenvalue weighted by Crippen LogP contribution is 2.24. The topological polar surface area (TPSA) is 46.5 Å². The monoisotopic (exact) mass is 348 g/mol. The first-order valence-electron chi connectivity index (χ1n) is 5.78. The zero-order valence-electron chi connectivity index (χ0n) is 9.86. The molecule has 0 spiro atoms. The second-order valence-electron chi connectivity index (χ2n) is 3.92. The Hall–Kier alpha value is -0.780. The molecule has 0 fully saturated rings. The maximum Gasteiger partial charge on any atom is 0.506 e. The van der Waals surface area contributed by atoms with Crippen LogP contribution in [-0.2, 0) is 4.74 Å². The van der Waals surface area contributed by atoms with Gasteiger partial charge in [0.15, 0.2) is 0 Å². The van der Waals surface area contributed by atoms with Gasteiger partial charge in [-0.1, -0.05) is 31.9 Å². The van der Waals surface area contributed by atoms with Gasteiger partial charge in [-0.15, -0.1) is 0 Å². The summed E-state index contributed by atoms with van der Waals surface area (Å²) in [6.45, 7) is 2.12. The Kier molecular flexibility index (Phi) is 6.32. The molecule has 94 valence electrons. The van der Waals surface area contributed by atoms with Crippen molar-refractivity contribution < 1.29 is 14.6 Å². The minimum Gasteiger partial charge on any atom is -0.450 e. The number of ether oxygens (including phenoxy) is 1. The van der Waals surface area contributed by atoms with Crippen LogP contribution in [0, 0.1) is 3.57 Å². The predicted octanol–water partition coefficient (Wildman–Crippen LogP) is 4.61. The molecule has 0 heterocycles. The van der Waals surface area contributed by atoms with Crippen LogP contribution in [0.3, 0.4) is 0 Å². The summed E-state index contributed by atoms with van der Waals surface area (Å²) in [5.41, 5.74) is 0.934. The van der Waals surface area contributed by atoms with Crippen LogP contribution in [0.15, 0.2) is 24.3 Å². The predicted molar refractivity (Wildman–Crippen MR) is 75.2 cm³/mol. The molecule has 0 amide bonds. The third kappa shape index (κ3) is 5.39. The summed E-state index contributed by atoms with van der Waals surface area (Å²) in [5.74, 6) is 0. The molecule has 1 atom stereocenters. The van der Waals surface area contributed by atoms with Gasteiger partial charge in [0.05, 0.1) is 0 Å². The Balaban J connectivity index is 2.67. The number of rotatable bonds is 6. The van der Waals surface area contributed by atoms with E-state index in [2.05, 4.69) is 29.5 Å². The van der Waals surface area contributed by atoms with E-state index in [9.17, 15) is 4.79 Å². The van der Waals surface area contributed by atoms with Gasteiger partial charge in [0.1, 0.15) is 6.10 Å². The molecule has 17 heavy (non-hydrogen) atoms. The van der Waals surface area contributed by atoms with Gasteiger partial charge >= 0.3 is 6.16 Å². The summed E-state index contributed by atoms with van der Waals surface area (Å²) in [5, 5.41) is 8.73. The fraction of sp³-hybridized carbons (Fsp3) is 0.462. The normalized spacial score (nSPS) is 12.1. The Morgan fingerprint density at radius 3 is 2.53 bits per heavy atom. The number of halogens is 1. The Labute approximate surface area is 115 Å². The molecule has 0 radical (unpaired) electrons. The molecule has 0 bridgehead atoms. The van der Waals surface area contributed by atoms with E-state index in [0.717, 1.165) is 34.8 Å². The highest BCUT2D eigenvalue weighted by molar-refractivity contribution is 14.1. The number of hydrogen-bond acceptors (Lipinski definition) is 2. The summed E-state index contributed by atoms with van der Waals surface area (Å²) < 4.78 is 6.07. The van der Waals surface area contributed by atoms with E-state index in [1.807, 2.05) is 24.3 Å². The molecule has 1 N–H and O–H groups in total. The molecular weight excluding hydrogens is 331 g/mol. The van der Waals surface area contributed by atoms with Gasteiger partial charge in [0, 0.05) is 3.57 Å². The van der Waals surface area contributed by atoms with E-state index >= 15 is 0 Å². The zero-order valence-corrected chi connectivity index (χ0v) is 12.0. The highest BCUT2D eigenvalue weighted by atomic mass is 127. The van der Waals surface area contributed by atoms with E-state index in [4.69, 9.17) is 9.84 Å². The van der Waals surface area contributed by atoms with Crippen molar-refractivity contribution in [2.45, 2.75) is 38.7 Å². The van der Waals surface area contributed by atoms with E-state index < -0.39 is 6.16 Å². The molecule has 1 aromatic carbocycles. The summed E-state index contributed by atoms with van der Waals surface area (Å²) in [4.78, 5) is 10.7. The lowest BCUT2D eigenvalue weighted by molar-refractivity contribution is 0.0464. The van der Waals surface area contributed by atoms with Crippen molar-refractivity contribution in [3.63, 3.8) is 0 Å². The van der Waals surface area contributed by atoms with Crippen LogP contribution in [0.25, 0.3) is 0 Å². The fourth-order valence-corrected chi connectivity index (χ4v) is 2.03. The van der Waals surface area contributed by atoms with Crippen molar-refractivity contribution in [2.24, 2.45) is 0 Å². The third-order valence-corrected chi connectivity index (χ3v) is 3.27. The average Bonchev–Trinajstić information content (AvgIpc) is 2.28. The maximum absolute atomic E-state index is 10.7. The van der Waals surface area contributed by atoms with Crippen molar-refractivity contribution in [2.75, 3.05) is 0 Å². The molecule has 1 aromatic rings. The zero-order chi connectivity index (χ0) is 12.7. The lowest BCUT2D eigenvalue weighted by Crippen LogP contribution is -2.09. The van der Waals surface area contributed by atoms with Crippen molar-refractivity contribution in [3.05, 3.63) is 33.4 Å².